The van der Waals surface area contributed by atoms with E-state index in [4.69, 9.17) is 4.74 Å². The third-order valence-electron chi connectivity index (χ3n) is 4.48. The quantitative estimate of drug-likeness (QED) is 0.770. The molecule has 1 saturated heterocycles. The second-order valence-electron chi connectivity index (χ2n) is 6.94. The molecule has 2 atom stereocenters. The molecule has 19 heavy (non-hydrogen) atoms. The molecule has 0 aromatic rings. The van der Waals surface area contributed by atoms with Gasteiger partial charge in [0.15, 0.2) is 0 Å². The highest BCUT2D eigenvalue weighted by molar-refractivity contribution is 4.83. The lowest BCUT2D eigenvalue weighted by Crippen LogP contribution is -2.44. The molecule has 0 saturated carbocycles. The van der Waals surface area contributed by atoms with Crippen LogP contribution < -0.4 is 5.32 Å². The second-order valence-corrected chi connectivity index (χ2v) is 6.94. The van der Waals surface area contributed by atoms with Crippen molar-refractivity contribution in [2.75, 3.05) is 39.9 Å². The van der Waals surface area contributed by atoms with E-state index in [9.17, 15) is 0 Å². The van der Waals surface area contributed by atoms with E-state index < -0.39 is 0 Å². The molecule has 114 valence electrons. The van der Waals surface area contributed by atoms with Crippen molar-refractivity contribution in [1.82, 2.24) is 10.2 Å². The molecule has 1 rings (SSSR count). The van der Waals surface area contributed by atoms with E-state index in [2.05, 4.69) is 37.9 Å². The first kappa shape index (κ1) is 16.9. The monoisotopic (exact) mass is 270 g/mol. The minimum Gasteiger partial charge on any atom is -0.385 e. The van der Waals surface area contributed by atoms with E-state index in [0.29, 0.717) is 11.5 Å². The molecule has 1 heterocycles. The van der Waals surface area contributed by atoms with Crippen LogP contribution in [0.5, 0.6) is 0 Å². The lowest BCUT2D eigenvalue weighted by Gasteiger charge is -2.34. The van der Waals surface area contributed by atoms with Gasteiger partial charge < -0.3 is 15.0 Å². The van der Waals surface area contributed by atoms with Crippen molar-refractivity contribution >= 4 is 0 Å². The largest absolute Gasteiger partial charge is 0.385 e. The summed E-state index contributed by atoms with van der Waals surface area (Å²) in [5.74, 6) is 0.766. The summed E-state index contributed by atoms with van der Waals surface area (Å²) >= 11 is 0. The fraction of sp³-hybridized carbons (Fsp3) is 1.00. The fourth-order valence-electron chi connectivity index (χ4n) is 2.90. The number of ether oxygens (including phenoxy) is 1. The Balaban J connectivity index is 2.51. The molecule has 3 heteroatoms. The molecule has 1 aliphatic heterocycles. The maximum atomic E-state index is 5.24. The van der Waals surface area contributed by atoms with Crippen LogP contribution in [0.25, 0.3) is 0 Å². The normalized spacial score (nSPS) is 24.2. The first-order valence-electron chi connectivity index (χ1n) is 7.93. The van der Waals surface area contributed by atoms with Crippen LogP contribution in [0.2, 0.25) is 0 Å². The van der Waals surface area contributed by atoms with Crippen molar-refractivity contribution in [2.45, 2.75) is 53.0 Å². The van der Waals surface area contributed by atoms with Gasteiger partial charge in [-0.2, -0.15) is 0 Å². The second kappa shape index (κ2) is 8.23. The number of nitrogens with one attached hydrogen (secondary N) is 1. The van der Waals surface area contributed by atoms with Gasteiger partial charge >= 0.3 is 0 Å². The lowest BCUT2D eigenvalue weighted by atomic mass is 9.88. The van der Waals surface area contributed by atoms with Gasteiger partial charge in [0.25, 0.3) is 0 Å². The molecule has 0 radical (unpaired) electrons. The molecule has 0 aromatic heterocycles. The molecule has 0 amide bonds. The van der Waals surface area contributed by atoms with Crippen LogP contribution in [-0.2, 0) is 4.74 Å². The minimum atomic E-state index is 0.348. The summed E-state index contributed by atoms with van der Waals surface area (Å²) in [6.45, 7) is 15.1. The number of hydrogen-bond donors (Lipinski definition) is 1. The molecule has 1 N–H and O–H groups in total. The Labute approximate surface area is 120 Å². The molecule has 3 nitrogen and oxygen atoms in total. The van der Waals surface area contributed by atoms with Crippen LogP contribution in [-0.4, -0.2) is 50.8 Å². The summed E-state index contributed by atoms with van der Waals surface area (Å²) in [6.07, 6.45) is 3.67. The zero-order valence-corrected chi connectivity index (χ0v) is 13.7. The van der Waals surface area contributed by atoms with Crippen molar-refractivity contribution < 1.29 is 4.74 Å². The summed E-state index contributed by atoms with van der Waals surface area (Å²) < 4.78 is 5.24. The van der Waals surface area contributed by atoms with Crippen LogP contribution in [0.1, 0.15) is 47.0 Å². The summed E-state index contributed by atoms with van der Waals surface area (Å²) in [5, 5.41) is 3.72. The molecular weight excluding hydrogens is 236 g/mol. The van der Waals surface area contributed by atoms with Crippen LogP contribution >= 0.6 is 0 Å². The van der Waals surface area contributed by atoms with Crippen LogP contribution in [0.15, 0.2) is 0 Å². The molecular formula is C16H34N2O. The molecule has 0 bridgehead atoms. The van der Waals surface area contributed by atoms with Crippen molar-refractivity contribution in [3.8, 4) is 0 Å². The van der Waals surface area contributed by atoms with Crippen LogP contribution in [0.3, 0.4) is 0 Å². The van der Waals surface area contributed by atoms with E-state index in [-0.39, 0.29) is 0 Å². The van der Waals surface area contributed by atoms with Gasteiger partial charge in [0, 0.05) is 32.8 Å². The molecule has 0 spiro atoms. The topological polar surface area (TPSA) is 24.5 Å². The van der Waals surface area contributed by atoms with Crippen LogP contribution in [0.4, 0.5) is 0 Å². The van der Waals surface area contributed by atoms with Crippen molar-refractivity contribution in [1.29, 1.82) is 0 Å². The first-order chi connectivity index (χ1) is 8.98. The third-order valence-corrected chi connectivity index (χ3v) is 4.48. The lowest BCUT2D eigenvalue weighted by molar-refractivity contribution is 0.111. The first-order valence-corrected chi connectivity index (χ1v) is 7.93. The standard InChI is InChI=1S/C16H34N2O/c1-6-14(2)15-12-18(10-7-9-17-15)13-16(3,4)8-11-19-5/h14-15,17H,6-13H2,1-5H3. The smallest absolute Gasteiger partial charge is 0.0467 e. The average Bonchev–Trinajstić information content (AvgIpc) is 2.60. The Morgan fingerprint density at radius 1 is 1.42 bits per heavy atom. The van der Waals surface area contributed by atoms with Gasteiger partial charge in [-0.1, -0.05) is 34.1 Å². The van der Waals surface area contributed by atoms with E-state index in [1.54, 1.807) is 7.11 Å². The van der Waals surface area contributed by atoms with E-state index in [1.807, 2.05) is 0 Å². The van der Waals surface area contributed by atoms with Gasteiger partial charge in [-0.25, -0.2) is 0 Å². The number of rotatable bonds is 7. The summed E-state index contributed by atoms with van der Waals surface area (Å²) in [4.78, 5) is 2.66. The molecule has 0 aromatic carbocycles. The number of hydrogen-bond acceptors (Lipinski definition) is 3. The van der Waals surface area contributed by atoms with Gasteiger partial charge in [0.05, 0.1) is 0 Å². The van der Waals surface area contributed by atoms with Gasteiger partial charge in [-0.3, -0.25) is 0 Å². The van der Waals surface area contributed by atoms with E-state index in [1.165, 1.54) is 39.0 Å². The highest BCUT2D eigenvalue weighted by Crippen LogP contribution is 2.23. The minimum absolute atomic E-state index is 0.348. The Morgan fingerprint density at radius 3 is 2.79 bits per heavy atom. The summed E-state index contributed by atoms with van der Waals surface area (Å²) in [6, 6.07) is 0.658. The average molecular weight is 270 g/mol. The Hall–Kier alpha value is -0.120. The van der Waals surface area contributed by atoms with Gasteiger partial charge in [0.1, 0.15) is 0 Å². The van der Waals surface area contributed by atoms with E-state index in [0.717, 1.165) is 18.9 Å². The van der Waals surface area contributed by atoms with Gasteiger partial charge in [0.2, 0.25) is 0 Å². The van der Waals surface area contributed by atoms with E-state index >= 15 is 0 Å². The maximum absolute atomic E-state index is 5.24. The predicted molar refractivity (Wildman–Crippen MR) is 82.6 cm³/mol. The Morgan fingerprint density at radius 2 is 2.16 bits per heavy atom. The van der Waals surface area contributed by atoms with Crippen molar-refractivity contribution in [3.05, 3.63) is 0 Å². The molecule has 1 aliphatic rings. The van der Waals surface area contributed by atoms with Gasteiger partial charge in [-0.15, -0.1) is 0 Å². The fourth-order valence-corrected chi connectivity index (χ4v) is 2.90. The third kappa shape index (κ3) is 6.24. The summed E-state index contributed by atoms with van der Waals surface area (Å²) in [5.41, 5.74) is 0.348. The highest BCUT2D eigenvalue weighted by Gasteiger charge is 2.26. The maximum Gasteiger partial charge on any atom is 0.0467 e. The van der Waals surface area contributed by atoms with Crippen molar-refractivity contribution in [2.24, 2.45) is 11.3 Å². The molecule has 0 aliphatic carbocycles. The van der Waals surface area contributed by atoms with Gasteiger partial charge in [-0.05, 0) is 37.3 Å². The van der Waals surface area contributed by atoms with Crippen LogP contribution in [0, 0.1) is 11.3 Å². The molecule has 2 unspecified atom stereocenters. The zero-order valence-electron chi connectivity index (χ0n) is 13.7. The highest BCUT2D eigenvalue weighted by atomic mass is 16.5. The van der Waals surface area contributed by atoms with Crippen molar-refractivity contribution in [3.63, 3.8) is 0 Å². The SMILES string of the molecule is CCC(C)C1CN(CC(C)(C)CCOC)CCCN1. The Kier molecular flexibility index (Phi) is 7.33. The predicted octanol–water partition coefficient (Wildman–Crippen LogP) is 2.76. The molecule has 1 fully saturated rings. The number of methoxy groups -OCH3 is 1. The Bertz CT molecular complexity index is 243. The zero-order chi connectivity index (χ0) is 14.3. The number of nitrogens with zero attached hydrogens (tertiary/aromatic N) is 1. The summed E-state index contributed by atoms with van der Waals surface area (Å²) in [7, 11) is 1.80.